The maximum atomic E-state index is 11.7. The molecule has 0 radical (unpaired) electrons. The van der Waals surface area contributed by atoms with Gasteiger partial charge in [0.15, 0.2) is 13.2 Å². The molecule has 0 aliphatic rings. The number of hydrogen-bond donors (Lipinski definition) is 2. The van der Waals surface area contributed by atoms with Crippen LogP contribution in [0.15, 0.2) is 42.5 Å². The fraction of sp³-hybridized carbons (Fsp3) is 0.263. The standard InChI is InChI=1S/C19H22N2O4/c1-13-5-4-6-16(9-13)24-11-18(22)20-21-19(23)12-25-17-8-7-14(2)15(3)10-17/h4-10H,11-12H2,1-3H3,(H,20,22)(H,21,23). The van der Waals surface area contributed by atoms with Crippen LogP contribution in [0.25, 0.3) is 0 Å². The van der Waals surface area contributed by atoms with E-state index in [1.807, 2.05) is 51.1 Å². The number of carbonyl (C=O) groups is 2. The number of rotatable bonds is 6. The van der Waals surface area contributed by atoms with Crippen LogP contribution in [0.2, 0.25) is 0 Å². The highest BCUT2D eigenvalue weighted by Gasteiger charge is 2.07. The Labute approximate surface area is 147 Å². The Bertz CT molecular complexity index is 759. The Kier molecular flexibility index (Phi) is 6.39. The van der Waals surface area contributed by atoms with Crippen molar-refractivity contribution in [2.24, 2.45) is 0 Å². The van der Waals surface area contributed by atoms with E-state index in [0.717, 1.165) is 16.7 Å². The van der Waals surface area contributed by atoms with E-state index < -0.39 is 11.8 Å². The van der Waals surface area contributed by atoms with Crippen molar-refractivity contribution in [3.63, 3.8) is 0 Å². The Hall–Kier alpha value is -3.02. The van der Waals surface area contributed by atoms with Crippen molar-refractivity contribution in [2.75, 3.05) is 13.2 Å². The first-order valence-electron chi connectivity index (χ1n) is 7.91. The second kappa shape index (κ2) is 8.73. The van der Waals surface area contributed by atoms with Crippen molar-refractivity contribution in [2.45, 2.75) is 20.8 Å². The summed E-state index contributed by atoms with van der Waals surface area (Å²) in [4.78, 5) is 23.4. The largest absolute Gasteiger partial charge is 0.484 e. The van der Waals surface area contributed by atoms with Crippen LogP contribution < -0.4 is 20.3 Å². The molecule has 6 heteroatoms. The molecule has 2 aromatic rings. The molecule has 0 heterocycles. The van der Waals surface area contributed by atoms with Gasteiger partial charge in [-0.2, -0.15) is 0 Å². The molecule has 132 valence electrons. The fourth-order valence-corrected chi connectivity index (χ4v) is 2.02. The van der Waals surface area contributed by atoms with Crippen LogP contribution in [0.5, 0.6) is 11.5 Å². The van der Waals surface area contributed by atoms with Crippen LogP contribution in [0.3, 0.4) is 0 Å². The predicted octanol–water partition coefficient (Wildman–Crippen LogP) is 2.22. The second-order valence-electron chi connectivity index (χ2n) is 5.74. The van der Waals surface area contributed by atoms with Gasteiger partial charge in [0, 0.05) is 0 Å². The molecule has 0 aliphatic carbocycles. The van der Waals surface area contributed by atoms with Crippen molar-refractivity contribution in [3.05, 3.63) is 59.2 Å². The van der Waals surface area contributed by atoms with Crippen molar-refractivity contribution >= 4 is 11.8 Å². The third-order valence-corrected chi connectivity index (χ3v) is 3.55. The van der Waals surface area contributed by atoms with Crippen LogP contribution in [0.1, 0.15) is 16.7 Å². The molecule has 0 unspecified atom stereocenters. The molecule has 2 aromatic carbocycles. The molecule has 0 fully saturated rings. The fourth-order valence-electron chi connectivity index (χ4n) is 2.02. The van der Waals surface area contributed by atoms with Gasteiger partial charge in [0.05, 0.1) is 0 Å². The molecule has 0 atom stereocenters. The SMILES string of the molecule is Cc1cccc(OCC(=O)NNC(=O)COc2ccc(C)c(C)c2)c1. The molecule has 0 aromatic heterocycles. The van der Waals surface area contributed by atoms with E-state index in [1.54, 1.807) is 12.1 Å². The lowest BCUT2D eigenvalue weighted by molar-refractivity contribution is -0.131. The monoisotopic (exact) mass is 342 g/mol. The third kappa shape index (κ3) is 6.18. The van der Waals surface area contributed by atoms with Gasteiger partial charge in [-0.25, -0.2) is 0 Å². The molecule has 2 rings (SSSR count). The summed E-state index contributed by atoms with van der Waals surface area (Å²) < 4.78 is 10.7. The zero-order valence-electron chi connectivity index (χ0n) is 14.6. The first kappa shape index (κ1) is 18.3. The number of amides is 2. The molecule has 0 saturated heterocycles. The quantitative estimate of drug-likeness (QED) is 0.789. The van der Waals surface area contributed by atoms with Gasteiger partial charge in [-0.05, 0) is 61.7 Å². The first-order valence-corrected chi connectivity index (χ1v) is 7.91. The summed E-state index contributed by atoms with van der Waals surface area (Å²) in [6.07, 6.45) is 0. The smallest absolute Gasteiger partial charge is 0.276 e. The van der Waals surface area contributed by atoms with E-state index in [-0.39, 0.29) is 13.2 Å². The minimum atomic E-state index is -0.457. The van der Waals surface area contributed by atoms with Crippen LogP contribution >= 0.6 is 0 Å². The van der Waals surface area contributed by atoms with Crippen molar-refractivity contribution in [3.8, 4) is 11.5 Å². The molecule has 2 N–H and O–H groups in total. The van der Waals surface area contributed by atoms with E-state index in [1.165, 1.54) is 0 Å². The molecule has 0 bridgehead atoms. The summed E-state index contributed by atoms with van der Waals surface area (Å²) in [7, 11) is 0. The number of hydrogen-bond acceptors (Lipinski definition) is 4. The maximum absolute atomic E-state index is 11.7. The van der Waals surface area contributed by atoms with Crippen LogP contribution in [0.4, 0.5) is 0 Å². The highest BCUT2D eigenvalue weighted by Crippen LogP contribution is 2.16. The number of carbonyl (C=O) groups excluding carboxylic acids is 2. The number of aryl methyl sites for hydroxylation is 3. The van der Waals surface area contributed by atoms with Gasteiger partial charge in [0.2, 0.25) is 0 Å². The summed E-state index contributed by atoms with van der Waals surface area (Å²) in [5.41, 5.74) is 7.83. The number of benzene rings is 2. The minimum Gasteiger partial charge on any atom is -0.484 e. The minimum absolute atomic E-state index is 0.193. The highest BCUT2D eigenvalue weighted by atomic mass is 16.5. The van der Waals surface area contributed by atoms with Gasteiger partial charge in [-0.3, -0.25) is 20.4 Å². The normalized spacial score (nSPS) is 10.0. The third-order valence-electron chi connectivity index (χ3n) is 3.55. The highest BCUT2D eigenvalue weighted by molar-refractivity contribution is 5.83. The van der Waals surface area contributed by atoms with Gasteiger partial charge >= 0.3 is 0 Å². The van der Waals surface area contributed by atoms with E-state index in [9.17, 15) is 9.59 Å². The Balaban J connectivity index is 1.68. The Morgan fingerprint density at radius 1 is 0.800 bits per heavy atom. The molecule has 2 amide bonds. The topological polar surface area (TPSA) is 76.7 Å². The van der Waals surface area contributed by atoms with E-state index in [0.29, 0.717) is 11.5 Å². The summed E-state index contributed by atoms with van der Waals surface area (Å²) >= 11 is 0. The van der Waals surface area contributed by atoms with E-state index in [4.69, 9.17) is 9.47 Å². The zero-order valence-corrected chi connectivity index (χ0v) is 14.6. The van der Waals surface area contributed by atoms with E-state index >= 15 is 0 Å². The van der Waals surface area contributed by atoms with E-state index in [2.05, 4.69) is 10.9 Å². The van der Waals surface area contributed by atoms with Crippen LogP contribution in [-0.4, -0.2) is 25.0 Å². The summed E-state index contributed by atoms with van der Waals surface area (Å²) in [6.45, 7) is 5.52. The second-order valence-corrected chi connectivity index (χ2v) is 5.74. The molecular formula is C19H22N2O4. The maximum Gasteiger partial charge on any atom is 0.276 e. The predicted molar refractivity (Wildman–Crippen MR) is 94.4 cm³/mol. The molecule has 0 aliphatic heterocycles. The van der Waals surface area contributed by atoms with Gasteiger partial charge in [-0.15, -0.1) is 0 Å². The lowest BCUT2D eigenvalue weighted by Gasteiger charge is -2.10. The summed E-state index contributed by atoms with van der Waals surface area (Å²) in [6, 6.07) is 12.9. The van der Waals surface area contributed by atoms with Crippen molar-refractivity contribution < 1.29 is 19.1 Å². The molecule has 0 spiro atoms. The first-order chi connectivity index (χ1) is 11.9. The zero-order chi connectivity index (χ0) is 18.2. The lowest BCUT2D eigenvalue weighted by atomic mass is 10.1. The van der Waals surface area contributed by atoms with Gasteiger partial charge in [0.1, 0.15) is 11.5 Å². The molecule has 0 saturated carbocycles. The average Bonchev–Trinajstić information content (AvgIpc) is 2.59. The lowest BCUT2D eigenvalue weighted by Crippen LogP contribution is -2.45. The number of ether oxygens (including phenoxy) is 2. The average molecular weight is 342 g/mol. The molecule has 25 heavy (non-hydrogen) atoms. The summed E-state index contributed by atoms with van der Waals surface area (Å²) in [5, 5.41) is 0. The van der Waals surface area contributed by atoms with Crippen molar-refractivity contribution in [1.82, 2.24) is 10.9 Å². The Morgan fingerprint density at radius 2 is 1.40 bits per heavy atom. The number of nitrogens with one attached hydrogen (secondary N) is 2. The van der Waals surface area contributed by atoms with Crippen LogP contribution in [-0.2, 0) is 9.59 Å². The molecule has 6 nitrogen and oxygen atoms in total. The number of hydrazine groups is 1. The van der Waals surface area contributed by atoms with Gasteiger partial charge in [0.25, 0.3) is 11.8 Å². The Morgan fingerprint density at radius 3 is 1.96 bits per heavy atom. The van der Waals surface area contributed by atoms with Crippen molar-refractivity contribution in [1.29, 1.82) is 0 Å². The van der Waals surface area contributed by atoms with Crippen LogP contribution in [0, 0.1) is 20.8 Å². The summed E-state index contributed by atoms with van der Waals surface area (Å²) in [5.74, 6) is 0.287. The van der Waals surface area contributed by atoms with Gasteiger partial charge in [-0.1, -0.05) is 18.2 Å². The molecular weight excluding hydrogens is 320 g/mol. The van der Waals surface area contributed by atoms with Gasteiger partial charge < -0.3 is 9.47 Å².